The van der Waals surface area contributed by atoms with Crippen molar-refractivity contribution in [1.82, 2.24) is 4.98 Å². The highest BCUT2D eigenvalue weighted by Gasteiger charge is 2.38. The van der Waals surface area contributed by atoms with Crippen LogP contribution in [0.2, 0.25) is 0 Å². The second-order valence-corrected chi connectivity index (χ2v) is 7.03. The molecule has 0 unspecified atom stereocenters. The van der Waals surface area contributed by atoms with E-state index in [0.29, 0.717) is 12.3 Å². The summed E-state index contributed by atoms with van der Waals surface area (Å²) in [5.41, 5.74) is 2.50. The summed E-state index contributed by atoms with van der Waals surface area (Å²) in [6.07, 6.45) is 7.77. The SMILES string of the molecule is COC(=O)CC1(CCc2ccc(Oc3ccc(C)cc3)nc2)CCC1. The zero-order valence-corrected chi connectivity index (χ0v) is 15.0. The number of esters is 1. The van der Waals surface area contributed by atoms with Crippen molar-refractivity contribution in [2.75, 3.05) is 7.11 Å². The summed E-state index contributed by atoms with van der Waals surface area (Å²) in [6.45, 7) is 2.05. The maximum absolute atomic E-state index is 11.6. The van der Waals surface area contributed by atoms with Gasteiger partial charge in [0.05, 0.1) is 13.5 Å². The second-order valence-electron chi connectivity index (χ2n) is 7.03. The molecule has 0 aliphatic heterocycles. The van der Waals surface area contributed by atoms with Crippen LogP contribution < -0.4 is 4.74 Å². The Hall–Kier alpha value is -2.36. The zero-order valence-electron chi connectivity index (χ0n) is 15.0. The van der Waals surface area contributed by atoms with Crippen molar-refractivity contribution in [3.05, 3.63) is 53.7 Å². The van der Waals surface area contributed by atoms with E-state index >= 15 is 0 Å². The monoisotopic (exact) mass is 339 g/mol. The Labute approximate surface area is 149 Å². The zero-order chi connectivity index (χ0) is 17.7. The first-order valence-electron chi connectivity index (χ1n) is 8.85. The van der Waals surface area contributed by atoms with Crippen molar-refractivity contribution in [3.63, 3.8) is 0 Å². The predicted octanol–water partition coefficient (Wildman–Crippen LogP) is 4.85. The van der Waals surface area contributed by atoms with E-state index in [1.807, 2.05) is 43.5 Å². The molecule has 4 heteroatoms. The summed E-state index contributed by atoms with van der Waals surface area (Å²) >= 11 is 0. The van der Waals surface area contributed by atoms with Crippen molar-refractivity contribution in [2.45, 2.75) is 45.4 Å². The molecule has 0 amide bonds. The third kappa shape index (κ3) is 4.59. The lowest BCUT2D eigenvalue weighted by atomic mass is 9.64. The van der Waals surface area contributed by atoms with Crippen LogP contribution >= 0.6 is 0 Å². The van der Waals surface area contributed by atoms with Crippen LogP contribution in [-0.2, 0) is 16.0 Å². The van der Waals surface area contributed by atoms with Gasteiger partial charge in [-0.15, -0.1) is 0 Å². The summed E-state index contributed by atoms with van der Waals surface area (Å²) in [4.78, 5) is 16.0. The number of aryl methyl sites for hydroxylation is 2. The van der Waals surface area contributed by atoms with E-state index in [1.54, 1.807) is 0 Å². The van der Waals surface area contributed by atoms with Gasteiger partial charge in [-0.2, -0.15) is 0 Å². The number of benzene rings is 1. The highest BCUT2D eigenvalue weighted by atomic mass is 16.5. The molecule has 132 valence electrons. The van der Waals surface area contributed by atoms with Crippen molar-refractivity contribution >= 4 is 5.97 Å². The van der Waals surface area contributed by atoms with Crippen LogP contribution in [0.25, 0.3) is 0 Å². The number of hydrogen-bond donors (Lipinski definition) is 0. The average molecular weight is 339 g/mol. The lowest BCUT2D eigenvalue weighted by molar-refractivity contribution is -0.145. The molecule has 2 aromatic rings. The molecular weight excluding hydrogens is 314 g/mol. The molecule has 1 aliphatic carbocycles. The van der Waals surface area contributed by atoms with Gasteiger partial charge in [0.2, 0.25) is 5.88 Å². The molecule has 0 N–H and O–H groups in total. The maximum atomic E-state index is 11.6. The van der Waals surface area contributed by atoms with Gasteiger partial charge in [-0.3, -0.25) is 4.79 Å². The summed E-state index contributed by atoms with van der Waals surface area (Å²) in [5.74, 6) is 1.29. The number of hydrogen-bond acceptors (Lipinski definition) is 4. The van der Waals surface area contributed by atoms with E-state index in [1.165, 1.54) is 24.7 Å². The van der Waals surface area contributed by atoms with Crippen molar-refractivity contribution < 1.29 is 14.3 Å². The fraction of sp³-hybridized carbons (Fsp3) is 0.429. The fourth-order valence-corrected chi connectivity index (χ4v) is 3.33. The molecule has 0 spiro atoms. The molecule has 4 nitrogen and oxygen atoms in total. The van der Waals surface area contributed by atoms with Gasteiger partial charge in [0.25, 0.3) is 0 Å². The lowest BCUT2D eigenvalue weighted by Gasteiger charge is -2.41. The van der Waals surface area contributed by atoms with E-state index in [0.717, 1.165) is 31.4 Å². The smallest absolute Gasteiger partial charge is 0.306 e. The van der Waals surface area contributed by atoms with Crippen LogP contribution in [-0.4, -0.2) is 18.1 Å². The Morgan fingerprint density at radius 3 is 2.48 bits per heavy atom. The highest BCUT2D eigenvalue weighted by molar-refractivity contribution is 5.70. The van der Waals surface area contributed by atoms with E-state index < -0.39 is 0 Å². The lowest BCUT2D eigenvalue weighted by Crippen LogP contribution is -2.33. The molecule has 1 aromatic heterocycles. The number of nitrogens with zero attached hydrogens (tertiary/aromatic N) is 1. The Bertz CT molecular complexity index is 703. The molecule has 0 saturated heterocycles. The number of carbonyl (C=O) groups excluding carboxylic acids is 1. The van der Waals surface area contributed by atoms with E-state index in [-0.39, 0.29) is 11.4 Å². The van der Waals surface area contributed by atoms with Crippen LogP contribution in [0.3, 0.4) is 0 Å². The standard InChI is InChI=1S/C21H25NO3/c1-16-4-7-18(8-5-16)25-19-9-6-17(15-22-19)10-13-21(11-3-12-21)14-20(23)24-2/h4-9,15H,3,10-14H2,1-2H3. The first-order chi connectivity index (χ1) is 12.1. The molecule has 1 fully saturated rings. The van der Waals surface area contributed by atoms with Gasteiger partial charge < -0.3 is 9.47 Å². The molecule has 0 atom stereocenters. The summed E-state index contributed by atoms with van der Waals surface area (Å²) < 4.78 is 10.6. The minimum absolute atomic E-state index is 0.0975. The van der Waals surface area contributed by atoms with Gasteiger partial charge in [0, 0.05) is 12.3 Å². The van der Waals surface area contributed by atoms with Crippen LogP contribution in [0.4, 0.5) is 0 Å². The molecule has 0 bridgehead atoms. The maximum Gasteiger partial charge on any atom is 0.306 e. The van der Waals surface area contributed by atoms with Gasteiger partial charge in [-0.1, -0.05) is 30.2 Å². The van der Waals surface area contributed by atoms with Crippen LogP contribution in [0.15, 0.2) is 42.6 Å². The first kappa shape index (κ1) is 17.5. The average Bonchev–Trinajstić information content (AvgIpc) is 2.60. The first-order valence-corrected chi connectivity index (χ1v) is 8.85. The molecule has 0 radical (unpaired) electrons. The Morgan fingerprint density at radius 1 is 1.16 bits per heavy atom. The van der Waals surface area contributed by atoms with Crippen LogP contribution in [0, 0.1) is 12.3 Å². The van der Waals surface area contributed by atoms with Crippen molar-refractivity contribution in [3.8, 4) is 11.6 Å². The number of rotatable bonds is 7. The van der Waals surface area contributed by atoms with Crippen molar-refractivity contribution in [2.24, 2.45) is 5.41 Å². The summed E-state index contributed by atoms with van der Waals surface area (Å²) in [7, 11) is 1.46. The van der Waals surface area contributed by atoms with Gasteiger partial charge >= 0.3 is 5.97 Å². The number of methoxy groups -OCH3 is 1. The van der Waals surface area contributed by atoms with Gasteiger partial charge in [0.15, 0.2) is 0 Å². The number of carbonyl (C=O) groups is 1. The van der Waals surface area contributed by atoms with Gasteiger partial charge in [0.1, 0.15) is 5.75 Å². The van der Waals surface area contributed by atoms with Gasteiger partial charge in [-0.05, 0) is 55.7 Å². The number of ether oxygens (including phenoxy) is 2. The normalized spacial score (nSPS) is 15.3. The largest absolute Gasteiger partial charge is 0.469 e. The van der Waals surface area contributed by atoms with Crippen LogP contribution in [0.5, 0.6) is 11.6 Å². The number of aromatic nitrogens is 1. The van der Waals surface area contributed by atoms with E-state index in [9.17, 15) is 4.79 Å². The summed E-state index contributed by atoms with van der Waals surface area (Å²) in [5, 5.41) is 0. The molecular formula is C21H25NO3. The number of pyridine rings is 1. The second kappa shape index (κ2) is 7.68. The predicted molar refractivity (Wildman–Crippen MR) is 96.7 cm³/mol. The Kier molecular flexibility index (Phi) is 5.37. The fourth-order valence-electron chi connectivity index (χ4n) is 3.33. The van der Waals surface area contributed by atoms with E-state index in [2.05, 4.69) is 11.1 Å². The molecule has 1 aliphatic rings. The van der Waals surface area contributed by atoms with Gasteiger partial charge in [-0.25, -0.2) is 4.98 Å². The topological polar surface area (TPSA) is 48.4 Å². The third-order valence-electron chi connectivity index (χ3n) is 5.15. The summed E-state index contributed by atoms with van der Waals surface area (Å²) in [6, 6.07) is 11.9. The molecule has 1 heterocycles. The van der Waals surface area contributed by atoms with E-state index in [4.69, 9.17) is 9.47 Å². The Balaban J connectivity index is 1.55. The minimum atomic E-state index is -0.0975. The molecule has 1 aromatic carbocycles. The minimum Gasteiger partial charge on any atom is -0.469 e. The molecule has 25 heavy (non-hydrogen) atoms. The van der Waals surface area contributed by atoms with Crippen LogP contribution in [0.1, 0.15) is 43.2 Å². The third-order valence-corrected chi connectivity index (χ3v) is 5.15. The Morgan fingerprint density at radius 2 is 1.92 bits per heavy atom. The molecule has 1 saturated carbocycles. The quantitative estimate of drug-likeness (QED) is 0.677. The van der Waals surface area contributed by atoms with Crippen molar-refractivity contribution in [1.29, 1.82) is 0 Å². The highest BCUT2D eigenvalue weighted by Crippen LogP contribution is 2.47. The molecule has 3 rings (SSSR count).